The zero-order valence-electron chi connectivity index (χ0n) is 18.9. The van der Waals surface area contributed by atoms with E-state index in [1.807, 2.05) is 48.5 Å². The fourth-order valence-corrected chi connectivity index (χ4v) is 3.71. The Bertz CT molecular complexity index is 859. The van der Waals surface area contributed by atoms with Crippen LogP contribution in [0.4, 0.5) is 0 Å². The lowest BCUT2D eigenvalue weighted by molar-refractivity contribution is 0.0827. The molecule has 1 aliphatic heterocycles. The van der Waals surface area contributed by atoms with Gasteiger partial charge in [-0.3, -0.25) is 9.79 Å². The molecule has 2 aromatic carbocycles. The molecular weight excluding hydrogens is 388 g/mol. The smallest absolute Gasteiger partial charge is 0.253 e. The molecule has 0 aromatic heterocycles. The molecule has 0 saturated carbocycles. The molecule has 1 N–H and O–H groups in total. The molecule has 0 unspecified atom stereocenters. The predicted molar refractivity (Wildman–Crippen MR) is 126 cm³/mol. The van der Waals surface area contributed by atoms with E-state index in [1.54, 1.807) is 19.0 Å². The molecule has 0 spiro atoms. The van der Waals surface area contributed by atoms with E-state index in [2.05, 4.69) is 23.2 Å². The number of ether oxygens (including phenoxy) is 1. The van der Waals surface area contributed by atoms with E-state index in [0.29, 0.717) is 6.54 Å². The van der Waals surface area contributed by atoms with Crippen LogP contribution in [0.3, 0.4) is 0 Å². The van der Waals surface area contributed by atoms with Crippen molar-refractivity contribution < 1.29 is 9.53 Å². The number of para-hydroxylation sites is 1. The van der Waals surface area contributed by atoms with Crippen molar-refractivity contribution in [2.24, 2.45) is 4.99 Å². The van der Waals surface area contributed by atoms with Crippen molar-refractivity contribution in [2.75, 3.05) is 40.3 Å². The lowest BCUT2D eigenvalue weighted by atomic mass is 10.1. The summed E-state index contributed by atoms with van der Waals surface area (Å²) in [7, 11) is 3.55. The predicted octanol–water partition coefficient (Wildman–Crippen LogP) is 3.44. The molecule has 0 radical (unpaired) electrons. The van der Waals surface area contributed by atoms with Crippen LogP contribution in [-0.2, 0) is 6.42 Å². The first-order valence-corrected chi connectivity index (χ1v) is 11.1. The molecule has 3 rings (SSSR count). The fourth-order valence-electron chi connectivity index (χ4n) is 3.71. The molecule has 0 bridgehead atoms. The Morgan fingerprint density at radius 1 is 1.13 bits per heavy atom. The van der Waals surface area contributed by atoms with Gasteiger partial charge in [-0.25, -0.2) is 0 Å². The van der Waals surface area contributed by atoms with Crippen LogP contribution < -0.4 is 10.1 Å². The van der Waals surface area contributed by atoms with E-state index >= 15 is 0 Å². The normalized spacial score (nSPS) is 14.9. The fraction of sp³-hybridized carbons (Fsp3) is 0.440. The van der Waals surface area contributed by atoms with Crippen LogP contribution in [0, 0.1) is 0 Å². The highest BCUT2D eigenvalue weighted by molar-refractivity contribution is 5.94. The molecule has 0 aliphatic carbocycles. The minimum absolute atomic E-state index is 0.0271. The number of carbonyl (C=O) groups excluding carboxylic acids is 1. The maximum absolute atomic E-state index is 12.2. The van der Waals surface area contributed by atoms with Crippen molar-refractivity contribution in [1.29, 1.82) is 0 Å². The van der Waals surface area contributed by atoms with Gasteiger partial charge in [0.2, 0.25) is 0 Å². The number of likely N-dealkylation sites (tertiary alicyclic amines) is 1. The van der Waals surface area contributed by atoms with E-state index in [1.165, 1.54) is 0 Å². The summed E-state index contributed by atoms with van der Waals surface area (Å²) in [5, 5.41) is 3.42. The Morgan fingerprint density at radius 3 is 2.55 bits per heavy atom. The number of nitrogens with zero attached hydrogens (tertiary/aromatic N) is 3. The Morgan fingerprint density at radius 2 is 1.87 bits per heavy atom. The first-order valence-electron chi connectivity index (χ1n) is 11.1. The second-order valence-electron chi connectivity index (χ2n) is 8.00. The summed E-state index contributed by atoms with van der Waals surface area (Å²) < 4.78 is 6.11. The second kappa shape index (κ2) is 11.4. The third-order valence-electron chi connectivity index (χ3n) is 5.36. The summed E-state index contributed by atoms with van der Waals surface area (Å²) in [5.41, 5.74) is 1.85. The quantitative estimate of drug-likeness (QED) is 0.549. The third-order valence-corrected chi connectivity index (χ3v) is 5.36. The Hall–Kier alpha value is -3.02. The average Bonchev–Trinajstić information content (AvgIpc) is 2.79. The molecule has 31 heavy (non-hydrogen) atoms. The van der Waals surface area contributed by atoms with Gasteiger partial charge in [0.1, 0.15) is 11.9 Å². The van der Waals surface area contributed by atoms with Gasteiger partial charge in [-0.1, -0.05) is 30.3 Å². The van der Waals surface area contributed by atoms with E-state index in [0.717, 1.165) is 61.7 Å². The monoisotopic (exact) mass is 422 g/mol. The van der Waals surface area contributed by atoms with Gasteiger partial charge in [-0.05, 0) is 43.2 Å². The molecule has 1 aliphatic rings. The SMILES string of the molecule is CCNC(=NCCc1cccc(C(=O)N(C)C)c1)N1CCC(Oc2ccccc2)CC1. The molecule has 1 heterocycles. The highest BCUT2D eigenvalue weighted by atomic mass is 16.5. The molecule has 6 heteroatoms. The maximum atomic E-state index is 12.2. The first-order chi connectivity index (χ1) is 15.1. The number of hydrogen-bond acceptors (Lipinski definition) is 3. The highest BCUT2D eigenvalue weighted by Crippen LogP contribution is 2.18. The molecule has 1 fully saturated rings. The van der Waals surface area contributed by atoms with E-state index < -0.39 is 0 Å². The van der Waals surface area contributed by atoms with Crippen LogP contribution in [0.5, 0.6) is 5.75 Å². The van der Waals surface area contributed by atoms with E-state index in [9.17, 15) is 4.79 Å². The van der Waals surface area contributed by atoms with Crippen molar-refractivity contribution in [2.45, 2.75) is 32.3 Å². The van der Waals surface area contributed by atoms with Crippen LogP contribution in [0.15, 0.2) is 59.6 Å². The van der Waals surface area contributed by atoms with Gasteiger partial charge in [0.05, 0.1) is 0 Å². The van der Waals surface area contributed by atoms with Gasteiger partial charge in [0.15, 0.2) is 5.96 Å². The number of amides is 1. The van der Waals surface area contributed by atoms with E-state index in [4.69, 9.17) is 9.73 Å². The van der Waals surface area contributed by atoms with Gasteiger partial charge in [0.25, 0.3) is 5.91 Å². The van der Waals surface area contributed by atoms with Crippen molar-refractivity contribution in [3.8, 4) is 5.75 Å². The second-order valence-corrected chi connectivity index (χ2v) is 8.00. The van der Waals surface area contributed by atoms with Crippen LogP contribution in [0.2, 0.25) is 0 Å². The topological polar surface area (TPSA) is 57.2 Å². The van der Waals surface area contributed by atoms with Crippen molar-refractivity contribution in [3.05, 3.63) is 65.7 Å². The number of guanidine groups is 1. The zero-order chi connectivity index (χ0) is 22.1. The summed E-state index contributed by atoms with van der Waals surface area (Å²) in [5.74, 6) is 1.93. The van der Waals surface area contributed by atoms with Gasteiger partial charge < -0.3 is 19.9 Å². The molecule has 2 aromatic rings. The lowest BCUT2D eigenvalue weighted by Crippen LogP contribution is -2.47. The van der Waals surface area contributed by atoms with Crippen LogP contribution in [0.1, 0.15) is 35.7 Å². The standard InChI is InChI=1S/C25H34N4O2/c1-4-26-25(27-16-13-20-9-8-10-21(19-20)24(30)28(2)3)29-17-14-23(15-18-29)31-22-11-6-5-7-12-22/h5-12,19,23H,4,13-18H2,1-3H3,(H,26,27). The third kappa shape index (κ3) is 6.74. The first kappa shape index (κ1) is 22.7. The number of aliphatic imine (C=N–C) groups is 1. The average molecular weight is 423 g/mol. The largest absolute Gasteiger partial charge is 0.490 e. The molecule has 0 atom stereocenters. The van der Waals surface area contributed by atoms with Gasteiger partial charge >= 0.3 is 0 Å². The van der Waals surface area contributed by atoms with E-state index in [-0.39, 0.29) is 12.0 Å². The van der Waals surface area contributed by atoms with Crippen molar-refractivity contribution >= 4 is 11.9 Å². The number of piperidine rings is 1. The molecule has 166 valence electrons. The maximum Gasteiger partial charge on any atom is 0.253 e. The number of benzene rings is 2. The van der Waals surface area contributed by atoms with Gasteiger partial charge in [-0.2, -0.15) is 0 Å². The number of rotatable bonds is 7. The van der Waals surface area contributed by atoms with Gasteiger partial charge in [0, 0.05) is 58.7 Å². The van der Waals surface area contributed by atoms with Gasteiger partial charge in [-0.15, -0.1) is 0 Å². The summed E-state index contributed by atoms with van der Waals surface area (Å²) in [6.45, 7) is 5.47. The summed E-state index contributed by atoms with van der Waals surface area (Å²) in [6, 6.07) is 17.9. The Kier molecular flexibility index (Phi) is 8.33. The summed E-state index contributed by atoms with van der Waals surface area (Å²) in [6.07, 6.45) is 3.01. The molecular formula is C25H34N4O2. The number of hydrogen-bond donors (Lipinski definition) is 1. The molecule has 6 nitrogen and oxygen atoms in total. The van der Waals surface area contributed by atoms with Crippen molar-refractivity contribution in [3.63, 3.8) is 0 Å². The number of carbonyl (C=O) groups is 1. The lowest BCUT2D eigenvalue weighted by Gasteiger charge is -2.34. The minimum Gasteiger partial charge on any atom is -0.490 e. The molecule has 1 saturated heterocycles. The molecule has 1 amide bonds. The number of nitrogens with one attached hydrogen (secondary N) is 1. The van der Waals surface area contributed by atoms with Crippen LogP contribution >= 0.6 is 0 Å². The van der Waals surface area contributed by atoms with Crippen LogP contribution in [-0.4, -0.2) is 68.0 Å². The highest BCUT2D eigenvalue weighted by Gasteiger charge is 2.22. The Labute approximate surface area is 185 Å². The van der Waals surface area contributed by atoms with Crippen LogP contribution in [0.25, 0.3) is 0 Å². The zero-order valence-corrected chi connectivity index (χ0v) is 18.9. The van der Waals surface area contributed by atoms with Crippen molar-refractivity contribution in [1.82, 2.24) is 15.1 Å². The Balaban J connectivity index is 1.54. The summed E-state index contributed by atoms with van der Waals surface area (Å²) in [4.78, 5) is 21.0. The summed E-state index contributed by atoms with van der Waals surface area (Å²) >= 11 is 0. The minimum atomic E-state index is 0.0271.